The summed E-state index contributed by atoms with van der Waals surface area (Å²) in [7, 11) is 0. The lowest BCUT2D eigenvalue weighted by Gasteiger charge is -2.38. The summed E-state index contributed by atoms with van der Waals surface area (Å²) in [5.41, 5.74) is -0.920. The van der Waals surface area contributed by atoms with E-state index in [1.54, 1.807) is 17.1 Å². The summed E-state index contributed by atoms with van der Waals surface area (Å²) in [5.74, 6) is -2.45. The molecule has 0 aromatic heterocycles. The summed E-state index contributed by atoms with van der Waals surface area (Å²) in [6, 6.07) is 3.03. The van der Waals surface area contributed by atoms with Gasteiger partial charge in [-0.1, -0.05) is 50.4 Å². The lowest BCUT2D eigenvalue weighted by atomic mass is 9.73. The Bertz CT molecular complexity index is 1190. The molecule has 3 heterocycles. The van der Waals surface area contributed by atoms with Crippen LogP contribution in [0.5, 0.6) is 0 Å². The zero-order valence-corrected chi connectivity index (χ0v) is 24.2. The van der Waals surface area contributed by atoms with Crippen LogP contribution in [-0.4, -0.2) is 65.7 Å². The first-order valence-electron chi connectivity index (χ1n) is 14.4. The Morgan fingerprint density at radius 2 is 2.02 bits per heavy atom. The third-order valence-corrected chi connectivity index (χ3v) is 9.43. The maximum Gasteiger partial charge on any atom is 0.246 e. The number of carbonyl (C=O) groups excluding carboxylic acids is 3. The standard InChI is InChI=1S/C30H39ClFN3O5/c1-16(2)39-14-6-13-35-26(28(37)34-22-8-5-7-17(3)18(22)4)30-12-11-23(40-30)24(25(30)29(35)38)27(36)33-19-9-10-21(32)20(31)15-19/h9-12,15-18,22-26H,5-8,13-14H2,1-4H3,(H,33,36)(H,34,37)/t17?,18?,22?,23-,24?,25-,26?,30?/m0/s1. The average molecular weight is 576 g/mol. The first-order chi connectivity index (χ1) is 19.0. The van der Waals surface area contributed by atoms with Gasteiger partial charge < -0.3 is 25.0 Å². The van der Waals surface area contributed by atoms with Gasteiger partial charge in [-0.15, -0.1) is 0 Å². The van der Waals surface area contributed by atoms with Crippen LogP contribution in [0.15, 0.2) is 30.4 Å². The topological polar surface area (TPSA) is 97.0 Å². The van der Waals surface area contributed by atoms with Crippen molar-refractivity contribution in [3.8, 4) is 0 Å². The second-order valence-electron chi connectivity index (χ2n) is 12.0. The molecule has 3 fully saturated rings. The van der Waals surface area contributed by atoms with Gasteiger partial charge in [0.2, 0.25) is 17.7 Å². The van der Waals surface area contributed by atoms with Crippen LogP contribution in [0.3, 0.4) is 0 Å². The van der Waals surface area contributed by atoms with Crippen LogP contribution >= 0.6 is 11.6 Å². The molecule has 218 valence electrons. The molecule has 40 heavy (non-hydrogen) atoms. The highest BCUT2D eigenvalue weighted by Gasteiger charge is 2.72. The Kier molecular flexibility index (Phi) is 8.28. The van der Waals surface area contributed by atoms with Crippen LogP contribution < -0.4 is 10.6 Å². The Morgan fingerprint density at radius 1 is 1.25 bits per heavy atom. The summed E-state index contributed by atoms with van der Waals surface area (Å²) < 4.78 is 25.8. The number of nitrogens with zero attached hydrogens (tertiary/aromatic N) is 1. The van der Waals surface area contributed by atoms with E-state index < -0.39 is 41.3 Å². The van der Waals surface area contributed by atoms with E-state index in [4.69, 9.17) is 21.1 Å². The average Bonchev–Trinajstić information content (AvgIpc) is 3.54. The van der Waals surface area contributed by atoms with Gasteiger partial charge in [-0.2, -0.15) is 0 Å². The third kappa shape index (κ3) is 5.16. The summed E-state index contributed by atoms with van der Waals surface area (Å²) in [4.78, 5) is 43.2. The Labute approximate surface area is 240 Å². The number of likely N-dealkylation sites (tertiary alicyclic amines) is 1. The van der Waals surface area contributed by atoms with E-state index in [1.807, 2.05) is 13.8 Å². The number of carbonyl (C=O) groups is 3. The van der Waals surface area contributed by atoms with Gasteiger partial charge in [0.15, 0.2) is 0 Å². The SMILES string of the molecule is CC(C)OCCCN1C(=O)[C@@H]2C(C(=O)Nc3ccc(F)c(Cl)c3)[C@@H]3C=CC2(O3)C1C(=O)NC1CCCC(C)C1C. The highest BCUT2D eigenvalue weighted by atomic mass is 35.5. The number of amides is 3. The van der Waals surface area contributed by atoms with Crippen molar-refractivity contribution < 1.29 is 28.2 Å². The van der Waals surface area contributed by atoms with Gasteiger partial charge >= 0.3 is 0 Å². The summed E-state index contributed by atoms with van der Waals surface area (Å²) in [5, 5.41) is 5.91. The summed E-state index contributed by atoms with van der Waals surface area (Å²) >= 11 is 5.91. The number of nitrogens with one attached hydrogen (secondary N) is 2. The maximum absolute atomic E-state index is 14.0. The number of fused-ring (bicyclic) bond motifs is 1. The first kappa shape index (κ1) is 29.0. The fraction of sp³-hybridized carbons (Fsp3) is 0.633. The van der Waals surface area contributed by atoms with Crippen molar-refractivity contribution in [2.45, 2.75) is 83.3 Å². The number of hydrogen-bond acceptors (Lipinski definition) is 5. The van der Waals surface area contributed by atoms with Gasteiger partial charge in [0.05, 0.1) is 29.1 Å². The number of hydrogen-bond donors (Lipinski definition) is 2. The van der Waals surface area contributed by atoms with Gasteiger partial charge in [0.1, 0.15) is 17.5 Å². The predicted octanol–water partition coefficient (Wildman–Crippen LogP) is 4.32. The number of benzene rings is 1. The van der Waals surface area contributed by atoms with Crippen molar-refractivity contribution in [1.82, 2.24) is 10.2 Å². The molecule has 2 N–H and O–H groups in total. The molecular weight excluding hydrogens is 537 g/mol. The van der Waals surface area contributed by atoms with E-state index >= 15 is 0 Å². The molecule has 6 unspecified atom stereocenters. The smallest absolute Gasteiger partial charge is 0.246 e. The van der Waals surface area contributed by atoms with Crippen LogP contribution in [0.25, 0.3) is 0 Å². The maximum atomic E-state index is 14.0. The molecule has 1 aliphatic carbocycles. The van der Waals surface area contributed by atoms with Crippen molar-refractivity contribution >= 4 is 35.0 Å². The zero-order chi connectivity index (χ0) is 28.8. The number of ether oxygens (including phenoxy) is 2. The van der Waals surface area contributed by atoms with Crippen LogP contribution in [-0.2, 0) is 23.9 Å². The molecule has 1 aromatic rings. The Hall–Kier alpha value is -2.49. The predicted molar refractivity (Wildman–Crippen MR) is 149 cm³/mol. The van der Waals surface area contributed by atoms with E-state index in [9.17, 15) is 18.8 Å². The van der Waals surface area contributed by atoms with Crippen molar-refractivity contribution in [2.75, 3.05) is 18.5 Å². The highest BCUT2D eigenvalue weighted by molar-refractivity contribution is 6.31. The van der Waals surface area contributed by atoms with Gasteiger partial charge in [0.25, 0.3) is 0 Å². The Morgan fingerprint density at radius 3 is 2.75 bits per heavy atom. The Balaban J connectivity index is 1.41. The van der Waals surface area contributed by atoms with E-state index in [1.165, 1.54) is 18.2 Å². The van der Waals surface area contributed by atoms with E-state index in [2.05, 4.69) is 24.5 Å². The monoisotopic (exact) mass is 575 g/mol. The fourth-order valence-corrected chi connectivity index (χ4v) is 7.09. The van der Waals surface area contributed by atoms with Crippen LogP contribution in [0.4, 0.5) is 10.1 Å². The minimum Gasteiger partial charge on any atom is -0.379 e. The molecule has 1 saturated carbocycles. The van der Waals surface area contributed by atoms with Crippen LogP contribution in [0, 0.1) is 29.5 Å². The van der Waals surface area contributed by atoms with E-state index in [0.717, 1.165) is 19.3 Å². The molecule has 2 saturated heterocycles. The molecule has 10 heteroatoms. The molecule has 2 bridgehead atoms. The molecule has 1 spiro atoms. The largest absolute Gasteiger partial charge is 0.379 e. The van der Waals surface area contributed by atoms with Gasteiger partial charge in [0, 0.05) is 24.9 Å². The van der Waals surface area contributed by atoms with Crippen molar-refractivity contribution in [2.24, 2.45) is 23.7 Å². The molecule has 8 atom stereocenters. The third-order valence-electron chi connectivity index (χ3n) is 9.14. The van der Waals surface area contributed by atoms with Crippen LogP contribution in [0.1, 0.15) is 53.4 Å². The van der Waals surface area contributed by atoms with Crippen molar-refractivity contribution in [1.29, 1.82) is 0 Å². The summed E-state index contributed by atoms with van der Waals surface area (Å²) in [6.45, 7) is 9.01. The first-order valence-corrected chi connectivity index (χ1v) is 14.8. The zero-order valence-electron chi connectivity index (χ0n) is 23.5. The number of rotatable bonds is 9. The van der Waals surface area contributed by atoms with Crippen molar-refractivity contribution in [3.63, 3.8) is 0 Å². The molecule has 8 nitrogen and oxygen atoms in total. The van der Waals surface area contributed by atoms with Gasteiger partial charge in [-0.25, -0.2) is 4.39 Å². The minimum atomic E-state index is -1.24. The highest BCUT2D eigenvalue weighted by Crippen LogP contribution is 2.55. The molecule has 3 amide bonds. The molecule has 1 aromatic carbocycles. The second kappa shape index (κ2) is 11.4. The molecular formula is C30H39ClFN3O5. The molecule has 3 aliphatic heterocycles. The van der Waals surface area contributed by atoms with E-state index in [0.29, 0.717) is 37.1 Å². The lowest BCUT2D eigenvalue weighted by Crippen LogP contribution is -2.58. The summed E-state index contributed by atoms with van der Waals surface area (Å²) in [6.07, 6.45) is 6.59. The van der Waals surface area contributed by atoms with Crippen molar-refractivity contribution in [3.05, 3.63) is 41.2 Å². The second-order valence-corrected chi connectivity index (χ2v) is 12.4. The van der Waals surface area contributed by atoms with Gasteiger partial charge in [-0.05, 0) is 56.7 Å². The lowest BCUT2D eigenvalue weighted by molar-refractivity contribution is -0.142. The molecule has 4 aliphatic rings. The minimum absolute atomic E-state index is 0.0119. The normalized spacial score (nSPS) is 34.4. The number of halogens is 2. The fourth-order valence-electron chi connectivity index (χ4n) is 6.91. The van der Waals surface area contributed by atoms with Gasteiger partial charge in [-0.3, -0.25) is 14.4 Å². The molecule has 5 rings (SSSR count). The van der Waals surface area contributed by atoms with Crippen LogP contribution in [0.2, 0.25) is 5.02 Å². The number of anilines is 1. The quantitative estimate of drug-likeness (QED) is 0.338. The van der Waals surface area contributed by atoms with E-state index in [-0.39, 0.29) is 29.0 Å². The molecule has 0 radical (unpaired) electrons.